The molecule has 2 nitrogen and oxygen atoms in total. The zero-order valence-corrected chi connectivity index (χ0v) is 7.17. The van der Waals surface area contributed by atoms with Gasteiger partial charge in [0, 0.05) is 14.3 Å². The van der Waals surface area contributed by atoms with Crippen LogP contribution < -0.4 is 5.32 Å². The summed E-state index contributed by atoms with van der Waals surface area (Å²) in [7, 11) is -0.659. The summed E-state index contributed by atoms with van der Waals surface area (Å²) < 4.78 is 0. The molecule has 0 saturated carbocycles. The minimum atomic E-state index is -0.659. The summed E-state index contributed by atoms with van der Waals surface area (Å²) in [6.07, 6.45) is 0. The van der Waals surface area contributed by atoms with Gasteiger partial charge in [0.1, 0.15) is 0 Å². The Hall–Kier alpha value is -0.740. The van der Waals surface area contributed by atoms with Crippen LogP contribution in [0.4, 0.5) is 10.5 Å². The van der Waals surface area contributed by atoms with Crippen LogP contribution in [0.1, 0.15) is 0 Å². The number of hydrogen-bond acceptors (Lipinski definition) is 2. The molecule has 1 aliphatic heterocycles. The molecule has 1 atom stereocenters. The highest BCUT2D eigenvalue weighted by Gasteiger charge is 2.21. The van der Waals surface area contributed by atoms with Crippen molar-refractivity contribution in [2.45, 2.75) is 4.90 Å². The maximum absolute atomic E-state index is 11.0. The van der Waals surface area contributed by atoms with E-state index in [9.17, 15) is 4.79 Å². The topological polar surface area (TPSA) is 29.1 Å². The summed E-state index contributed by atoms with van der Waals surface area (Å²) >= 11 is 5.00. The molecule has 0 aromatic heterocycles. The van der Waals surface area contributed by atoms with Crippen molar-refractivity contribution >= 4 is 31.6 Å². The molecule has 0 fully saturated rings. The number of benzene rings is 1. The van der Waals surface area contributed by atoms with Crippen molar-refractivity contribution in [1.29, 1.82) is 0 Å². The SMILES string of the molecule is O=C1Nc2ccccc2S1=S. The number of anilines is 1. The fourth-order valence-corrected chi connectivity index (χ4v) is 2.47. The predicted molar refractivity (Wildman–Crippen MR) is 48.5 cm³/mol. The van der Waals surface area contributed by atoms with Crippen LogP contribution in [-0.4, -0.2) is 5.24 Å². The van der Waals surface area contributed by atoms with E-state index in [0.29, 0.717) is 0 Å². The number of carbonyl (C=O) groups excluding carboxylic acids is 1. The van der Waals surface area contributed by atoms with Crippen LogP contribution in [0.2, 0.25) is 0 Å². The maximum atomic E-state index is 11.0. The number of nitrogens with one attached hydrogen (secondary N) is 1. The van der Waals surface area contributed by atoms with Gasteiger partial charge in [-0.15, -0.1) is 0 Å². The number of para-hydroxylation sites is 1. The van der Waals surface area contributed by atoms with Crippen LogP contribution >= 0.6 is 0 Å². The van der Waals surface area contributed by atoms with E-state index in [-0.39, 0.29) is 5.24 Å². The first kappa shape index (κ1) is 6.94. The van der Waals surface area contributed by atoms with E-state index in [1.807, 2.05) is 24.3 Å². The highest BCUT2D eigenvalue weighted by Crippen LogP contribution is 2.26. The third-order valence-corrected chi connectivity index (χ3v) is 3.68. The van der Waals surface area contributed by atoms with Gasteiger partial charge in [0.15, 0.2) is 0 Å². The summed E-state index contributed by atoms with van der Waals surface area (Å²) in [6, 6.07) is 7.54. The normalized spacial score (nSPS) is 21.1. The minimum Gasteiger partial charge on any atom is -0.315 e. The number of rotatable bonds is 0. The zero-order valence-electron chi connectivity index (χ0n) is 5.53. The Morgan fingerprint density at radius 1 is 1.36 bits per heavy atom. The van der Waals surface area contributed by atoms with Crippen molar-refractivity contribution in [3.8, 4) is 0 Å². The molecule has 0 bridgehead atoms. The Bertz CT molecular complexity index is 348. The molecular weight excluding hydrogens is 178 g/mol. The summed E-state index contributed by atoms with van der Waals surface area (Å²) in [5.41, 5.74) is 0.871. The molecule has 1 aromatic rings. The van der Waals surface area contributed by atoms with Crippen molar-refractivity contribution in [2.75, 3.05) is 5.32 Å². The highest BCUT2D eigenvalue weighted by molar-refractivity contribution is 8.37. The van der Waals surface area contributed by atoms with E-state index in [1.165, 1.54) is 0 Å². The lowest BCUT2D eigenvalue weighted by Gasteiger charge is -1.92. The Labute approximate surface area is 71.2 Å². The molecule has 1 amide bonds. The number of fused-ring (bicyclic) bond motifs is 1. The Morgan fingerprint density at radius 2 is 2.09 bits per heavy atom. The Kier molecular flexibility index (Phi) is 1.51. The van der Waals surface area contributed by atoms with Crippen molar-refractivity contribution < 1.29 is 4.79 Å². The second-order valence-electron chi connectivity index (χ2n) is 2.18. The first-order chi connectivity index (χ1) is 5.29. The second-order valence-corrected chi connectivity index (χ2v) is 4.53. The molecule has 1 N–H and O–H groups in total. The van der Waals surface area contributed by atoms with Gasteiger partial charge in [-0.2, -0.15) is 0 Å². The van der Waals surface area contributed by atoms with Crippen LogP contribution in [0.15, 0.2) is 29.2 Å². The predicted octanol–water partition coefficient (Wildman–Crippen LogP) is 1.67. The van der Waals surface area contributed by atoms with Crippen molar-refractivity contribution in [1.82, 2.24) is 0 Å². The van der Waals surface area contributed by atoms with E-state index in [0.717, 1.165) is 10.6 Å². The number of amides is 1. The van der Waals surface area contributed by atoms with E-state index < -0.39 is 9.45 Å². The third-order valence-electron chi connectivity index (χ3n) is 1.49. The molecular formula is C7H5NOS2. The maximum Gasteiger partial charge on any atom is 0.292 e. The van der Waals surface area contributed by atoms with Crippen molar-refractivity contribution in [2.24, 2.45) is 0 Å². The van der Waals surface area contributed by atoms with Crippen LogP contribution in [0.25, 0.3) is 0 Å². The summed E-state index contributed by atoms with van der Waals surface area (Å²) in [6.45, 7) is 0. The van der Waals surface area contributed by atoms with E-state index in [2.05, 4.69) is 5.32 Å². The summed E-state index contributed by atoms with van der Waals surface area (Å²) in [4.78, 5) is 12.0. The van der Waals surface area contributed by atoms with Crippen LogP contribution in [0, 0.1) is 0 Å². The van der Waals surface area contributed by atoms with Crippen molar-refractivity contribution in [3.63, 3.8) is 0 Å². The highest BCUT2D eigenvalue weighted by atomic mass is 32.8. The minimum absolute atomic E-state index is 0.0544. The molecule has 0 radical (unpaired) electrons. The largest absolute Gasteiger partial charge is 0.315 e. The molecule has 0 saturated heterocycles. The Morgan fingerprint density at radius 3 is 2.82 bits per heavy atom. The van der Waals surface area contributed by atoms with Crippen LogP contribution in [-0.2, 0) is 20.6 Å². The average Bonchev–Trinajstić information content (AvgIpc) is 2.30. The second kappa shape index (κ2) is 2.39. The average molecular weight is 183 g/mol. The molecule has 1 aromatic carbocycles. The molecule has 11 heavy (non-hydrogen) atoms. The quantitative estimate of drug-likeness (QED) is 0.663. The smallest absolute Gasteiger partial charge is 0.292 e. The van der Waals surface area contributed by atoms with E-state index in [1.54, 1.807) is 0 Å². The van der Waals surface area contributed by atoms with Gasteiger partial charge in [-0.05, 0) is 23.3 Å². The van der Waals surface area contributed by atoms with Gasteiger partial charge in [-0.25, -0.2) is 0 Å². The van der Waals surface area contributed by atoms with E-state index >= 15 is 0 Å². The standard InChI is InChI=1S/C7H5NOS2/c9-7-8-5-3-1-2-4-6(5)11(7)10/h1-4H,(H,8,9). The van der Waals surface area contributed by atoms with Gasteiger partial charge in [0.05, 0.1) is 5.69 Å². The summed E-state index contributed by atoms with van der Waals surface area (Å²) in [5.74, 6) is 0. The Balaban J connectivity index is 2.64. The van der Waals surface area contributed by atoms with Gasteiger partial charge >= 0.3 is 0 Å². The molecule has 2 rings (SSSR count). The molecule has 1 unspecified atom stereocenters. The molecule has 1 aliphatic rings. The molecule has 0 aliphatic carbocycles. The molecule has 4 heteroatoms. The summed E-state index contributed by atoms with van der Waals surface area (Å²) in [5, 5.41) is 2.66. The van der Waals surface area contributed by atoms with Crippen molar-refractivity contribution in [3.05, 3.63) is 24.3 Å². The lowest BCUT2D eigenvalue weighted by molar-refractivity contribution is 0.270. The van der Waals surface area contributed by atoms with Crippen LogP contribution in [0.3, 0.4) is 0 Å². The number of hydrogen-bond donors (Lipinski definition) is 1. The first-order valence-electron chi connectivity index (χ1n) is 3.11. The van der Waals surface area contributed by atoms with Gasteiger partial charge in [-0.3, -0.25) is 4.79 Å². The van der Waals surface area contributed by atoms with Gasteiger partial charge < -0.3 is 5.32 Å². The lowest BCUT2D eigenvalue weighted by atomic mass is 10.3. The van der Waals surface area contributed by atoms with Gasteiger partial charge in [-0.1, -0.05) is 12.1 Å². The molecule has 1 heterocycles. The molecule has 56 valence electrons. The monoisotopic (exact) mass is 183 g/mol. The fraction of sp³-hybridized carbons (Fsp3) is 0. The molecule has 0 spiro atoms. The van der Waals surface area contributed by atoms with Gasteiger partial charge in [0.2, 0.25) is 0 Å². The number of carbonyl (C=O) groups is 1. The lowest BCUT2D eigenvalue weighted by Crippen LogP contribution is -2.03. The third kappa shape index (κ3) is 0.985. The van der Waals surface area contributed by atoms with Gasteiger partial charge in [0.25, 0.3) is 5.24 Å². The fourth-order valence-electron chi connectivity index (χ4n) is 0.988. The first-order valence-corrected chi connectivity index (χ1v) is 5.26. The zero-order chi connectivity index (χ0) is 7.84. The van der Waals surface area contributed by atoms with E-state index in [4.69, 9.17) is 11.2 Å². The van der Waals surface area contributed by atoms with Crippen LogP contribution in [0.5, 0.6) is 0 Å².